The number of aromatic hydroxyl groups is 1. The minimum atomic E-state index is -1.17. The van der Waals surface area contributed by atoms with Crippen LogP contribution in [-0.2, 0) is 29.1 Å². The monoisotopic (exact) mass is 513 g/mol. The number of carboxylic acids is 1. The molecule has 36 heavy (non-hydrogen) atoms. The summed E-state index contributed by atoms with van der Waals surface area (Å²) in [4.78, 5) is 36.2. The first-order valence-corrected chi connectivity index (χ1v) is 11.1. The molecule has 0 fully saturated rings. The van der Waals surface area contributed by atoms with Crippen LogP contribution in [0.4, 0.5) is 4.79 Å². The highest BCUT2D eigenvalue weighted by Gasteiger charge is 2.22. The zero-order chi connectivity index (χ0) is 25.2. The Hall–Kier alpha value is -4.11. The van der Waals surface area contributed by atoms with Crippen molar-refractivity contribution in [1.82, 2.24) is 10.6 Å². The predicted molar refractivity (Wildman–Crippen MR) is 127 cm³/mol. The predicted octanol–water partition coefficient (Wildman–Crippen LogP) is -0.576. The van der Waals surface area contributed by atoms with Gasteiger partial charge in [-0.3, -0.25) is 4.79 Å². The van der Waals surface area contributed by atoms with E-state index in [-0.39, 0.29) is 42.9 Å². The summed E-state index contributed by atoms with van der Waals surface area (Å²) < 4.78 is 6.80. The molecular formula is C26H28ClN3O6. The third-order valence-electron chi connectivity index (χ3n) is 5.23. The molecule has 190 valence electrons. The van der Waals surface area contributed by atoms with Gasteiger partial charge in [0.2, 0.25) is 0 Å². The number of pyridine rings is 1. The van der Waals surface area contributed by atoms with Crippen LogP contribution in [0.3, 0.4) is 0 Å². The van der Waals surface area contributed by atoms with Crippen molar-refractivity contribution in [2.24, 2.45) is 0 Å². The molecule has 10 heteroatoms. The lowest BCUT2D eigenvalue weighted by molar-refractivity contribution is -0.727. The standard InChI is InChI=1S/C26H27N3O6.ClH/c1-18(15-19-5-3-2-4-6-19)27-26(34)35-17-29-13-11-21(12-14-29)24(31)28-23(25(32)33)16-20-7-9-22(30)10-8-20;/h2-14,18,23H,15-17H2,1H3,(H3-,27,28,30,31,32,33,34);1H/t18-,23-;/m0./s1. The minimum absolute atomic E-state index is 0. The fraction of sp³-hybridized carbons (Fsp3) is 0.231. The van der Waals surface area contributed by atoms with Gasteiger partial charge in [0, 0.05) is 24.6 Å². The van der Waals surface area contributed by atoms with Gasteiger partial charge in [0.1, 0.15) is 11.8 Å². The van der Waals surface area contributed by atoms with Gasteiger partial charge in [-0.25, -0.2) is 9.59 Å². The molecule has 0 radical (unpaired) electrons. The molecular weight excluding hydrogens is 486 g/mol. The first kappa shape index (κ1) is 28.1. The third-order valence-corrected chi connectivity index (χ3v) is 5.23. The average molecular weight is 514 g/mol. The molecule has 1 aromatic heterocycles. The number of carbonyl (C=O) groups is 3. The Morgan fingerprint density at radius 3 is 2.11 bits per heavy atom. The Kier molecular flexibility index (Phi) is 10.7. The molecule has 9 nitrogen and oxygen atoms in total. The van der Waals surface area contributed by atoms with E-state index in [1.165, 1.54) is 24.3 Å². The summed E-state index contributed by atoms with van der Waals surface area (Å²) in [6.45, 7) is 1.84. The minimum Gasteiger partial charge on any atom is -1.00 e. The second kappa shape index (κ2) is 13.7. The van der Waals surface area contributed by atoms with E-state index in [2.05, 4.69) is 10.6 Å². The number of aliphatic carboxylic acids is 1. The maximum atomic E-state index is 12.5. The summed E-state index contributed by atoms with van der Waals surface area (Å²) in [7, 11) is 0. The Bertz CT molecular complexity index is 1140. The van der Waals surface area contributed by atoms with Gasteiger partial charge in [-0.05, 0) is 36.6 Å². The van der Waals surface area contributed by atoms with E-state index in [9.17, 15) is 24.6 Å². The lowest BCUT2D eigenvalue weighted by atomic mass is 10.1. The van der Waals surface area contributed by atoms with E-state index in [4.69, 9.17) is 4.74 Å². The summed E-state index contributed by atoms with van der Waals surface area (Å²) >= 11 is 0. The zero-order valence-corrected chi connectivity index (χ0v) is 20.4. The molecule has 4 N–H and O–H groups in total. The molecule has 2 aromatic carbocycles. The Morgan fingerprint density at radius 2 is 1.50 bits per heavy atom. The van der Waals surface area contributed by atoms with Gasteiger partial charge < -0.3 is 38.0 Å². The fourth-order valence-corrected chi connectivity index (χ4v) is 3.40. The van der Waals surface area contributed by atoms with E-state index in [1.54, 1.807) is 29.1 Å². The Labute approximate surface area is 215 Å². The second-order valence-corrected chi connectivity index (χ2v) is 8.13. The van der Waals surface area contributed by atoms with Gasteiger partial charge in [0.05, 0.1) is 5.56 Å². The van der Waals surface area contributed by atoms with Crippen molar-refractivity contribution < 1.29 is 46.3 Å². The van der Waals surface area contributed by atoms with Gasteiger partial charge in [-0.15, -0.1) is 0 Å². The molecule has 0 unspecified atom stereocenters. The van der Waals surface area contributed by atoms with Gasteiger partial charge >= 0.3 is 12.1 Å². The number of amides is 2. The number of halogens is 1. The SMILES string of the molecule is C[C@@H](Cc1ccccc1)NC(=O)OC[n+]1ccc(C(=O)N[C@@H](Cc2ccc(O)cc2)C(=O)O)cc1.[Cl-]. The van der Waals surface area contributed by atoms with Crippen LogP contribution in [0.25, 0.3) is 0 Å². The number of carbonyl (C=O) groups excluding carboxylic acids is 2. The highest BCUT2D eigenvalue weighted by Crippen LogP contribution is 2.12. The first-order valence-electron chi connectivity index (χ1n) is 11.1. The molecule has 3 rings (SSSR count). The fourth-order valence-electron chi connectivity index (χ4n) is 3.40. The largest absolute Gasteiger partial charge is 1.00 e. The van der Waals surface area contributed by atoms with E-state index in [0.717, 1.165) is 5.56 Å². The van der Waals surface area contributed by atoms with Crippen LogP contribution in [0.15, 0.2) is 79.1 Å². The van der Waals surface area contributed by atoms with Crippen molar-refractivity contribution in [2.75, 3.05) is 0 Å². The summed E-state index contributed by atoms with van der Waals surface area (Å²) in [6.07, 6.45) is 3.31. The molecule has 2 amide bonds. The lowest BCUT2D eigenvalue weighted by Crippen LogP contribution is -3.00. The van der Waals surface area contributed by atoms with E-state index in [1.807, 2.05) is 37.3 Å². The number of rotatable bonds is 10. The van der Waals surface area contributed by atoms with Gasteiger partial charge in [-0.2, -0.15) is 4.57 Å². The number of phenols is 1. The van der Waals surface area contributed by atoms with Crippen molar-refractivity contribution in [3.63, 3.8) is 0 Å². The summed E-state index contributed by atoms with van der Waals surface area (Å²) in [5, 5.41) is 24.1. The van der Waals surface area contributed by atoms with Crippen LogP contribution in [0, 0.1) is 0 Å². The summed E-state index contributed by atoms with van der Waals surface area (Å²) in [6, 6.07) is 17.7. The quantitative estimate of drug-likeness (QED) is 0.269. The van der Waals surface area contributed by atoms with Crippen LogP contribution >= 0.6 is 0 Å². The topological polar surface area (TPSA) is 129 Å². The van der Waals surface area contributed by atoms with Crippen molar-refractivity contribution in [1.29, 1.82) is 0 Å². The maximum Gasteiger partial charge on any atom is 0.412 e. The van der Waals surface area contributed by atoms with Crippen LogP contribution in [0.5, 0.6) is 5.75 Å². The number of alkyl carbamates (subject to hydrolysis) is 1. The van der Waals surface area contributed by atoms with Crippen LogP contribution in [0.1, 0.15) is 28.4 Å². The number of nitrogens with zero attached hydrogens (tertiary/aromatic N) is 1. The molecule has 1 heterocycles. The first-order chi connectivity index (χ1) is 16.8. The van der Waals surface area contributed by atoms with Gasteiger partial charge in [0.15, 0.2) is 12.4 Å². The molecule has 0 saturated carbocycles. The molecule has 0 bridgehead atoms. The molecule has 0 saturated heterocycles. The number of carboxylic acid groups (broad SMARTS) is 1. The van der Waals surface area contributed by atoms with Crippen molar-refractivity contribution in [3.8, 4) is 5.75 Å². The average Bonchev–Trinajstić information content (AvgIpc) is 2.84. The molecule has 0 spiro atoms. The van der Waals surface area contributed by atoms with E-state index in [0.29, 0.717) is 12.0 Å². The van der Waals surface area contributed by atoms with Crippen LogP contribution < -0.4 is 27.6 Å². The zero-order valence-electron chi connectivity index (χ0n) is 19.6. The Morgan fingerprint density at radius 1 is 0.889 bits per heavy atom. The number of ether oxygens (including phenoxy) is 1. The highest BCUT2D eigenvalue weighted by atomic mass is 35.5. The summed E-state index contributed by atoms with van der Waals surface area (Å²) in [5.74, 6) is -1.64. The molecule has 0 aliphatic heterocycles. The number of aromatic nitrogens is 1. The second-order valence-electron chi connectivity index (χ2n) is 8.13. The number of phenolic OH excluding ortho intramolecular Hbond substituents is 1. The third kappa shape index (κ3) is 8.92. The van der Waals surface area contributed by atoms with Crippen molar-refractivity contribution >= 4 is 18.0 Å². The van der Waals surface area contributed by atoms with Gasteiger partial charge in [-0.1, -0.05) is 42.5 Å². The van der Waals surface area contributed by atoms with Crippen LogP contribution in [0.2, 0.25) is 0 Å². The number of hydrogen-bond acceptors (Lipinski definition) is 5. The molecule has 0 aliphatic carbocycles. The number of nitrogens with one attached hydrogen (secondary N) is 2. The Balaban J connectivity index is 0.00000456. The highest BCUT2D eigenvalue weighted by molar-refractivity contribution is 5.96. The van der Waals surface area contributed by atoms with Crippen LogP contribution in [-0.4, -0.2) is 40.3 Å². The smallest absolute Gasteiger partial charge is 0.412 e. The van der Waals surface area contributed by atoms with Crippen molar-refractivity contribution in [2.45, 2.75) is 38.6 Å². The summed E-state index contributed by atoms with van der Waals surface area (Å²) in [5.41, 5.74) is 2.03. The normalized spacial score (nSPS) is 11.9. The number of benzene rings is 2. The molecule has 3 aromatic rings. The van der Waals surface area contributed by atoms with Gasteiger partial charge in [0.25, 0.3) is 12.6 Å². The van der Waals surface area contributed by atoms with Crippen molar-refractivity contribution in [3.05, 3.63) is 95.8 Å². The van der Waals surface area contributed by atoms with E-state index < -0.39 is 24.0 Å². The molecule has 0 aliphatic rings. The van der Waals surface area contributed by atoms with E-state index >= 15 is 0 Å². The number of hydrogen-bond donors (Lipinski definition) is 4. The molecule has 2 atom stereocenters. The maximum absolute atomic E-state index is 12.5. The lowest BCUT2D eigenvalue weighted by Gasteiger charge is -2.14.